The van der Waals surface area contributed by atoms with Gasteiger partial charge in [-0.15, -0.1) is 0 Å². The summed E-state index contributed by atoms with van der Waals surface area (Å²) < 4.78 is 16.9. The van der Waals surface area contributed by atoms with Gasteiger partial charge in [-0.3, -0.25) is 14.4 Å². The van der Waals surface area contributed by atoms with Crippen LogP contribution in [0.1, 0.15) is 323 Å². The molecule has 0 spiro atoms. The van der Waals surface area contributed by atoms with Gasteiger partial charge in [0.15, 0.2) is 6.10 Å². The van der Waals surface area contributed by atoms with Crippen molar-refractivity contribution in [2.75, 3.05) is 13.2 Å². The third kappa shape index (κ3) is 51.1. The summed E-state index contributed by atoms with van der Waals surface area (Å²) in [6.07, 6.45) is 60.5. The van der Waals surface area contributed by atoms with Crippen molar-refractivity contribution < 1.29 is 28.6 Å². The SMILES string of the molecule is CCCCCC/C=C\CCCCCCCC(=O)OCC(COC(=O)CCCCCCCCCCCCCCCCCCC)OC(=O)CCCCCCCCCCCCCCCCCC. The molecule has 0 aliphatic heterocycles. The van der Waals surface area contributed by atoms with Crippen LogP contribution in [-0.2, 0) is 28.6 Å². The van der Waals surface area contributed by atoms with Crippen LogP contribution in [0.2, 0.25) is 0 Å². The number of hydrogen-bond donors (Lipinski definition) is 0. The fourth-order valence-corrected chi connectivity index (χ4v) is 8.68. The van der Waals surface area contributed by atoms with Crippen molar-refractivity contribution in [3.05, 3.63) is 12.2 Å². The van der Waals surface area contributed by atoms with E-state index in [1.54, 1.807) is 0 Å². The summed E-state index contributed by atoms with van der Waals surface area (Å²) in [6.45, 7) is 6.67. The summed E-state index contributed by atoms with van der Waals surface area (Å²) in [4.78, 5) is 38.1. The topological polar surface area (TPSA) is 78.9 Å². The Morgan fingerprint density at radius 3 is 0.797 bits per heavy atom. The van der Waals surface area contributed by atoms with Crippen molar-refractivity contribution in [3.63, 3.8) is 0 Å². The summed E-state index contributed by atoms with van der Waals surface area (Å²) in [6, 6.07) is 0. The summed E-state index contributed by atoms with van der Waals surface area (Å²) in [7, 11) is 0. The number of carbonyl (C=O) groups is 3. The van der Waals surface area contributed by atoms with Crippen LogP contribution in [0.15, 0.2) is 12.2 Å². The van der Waals surface area contributed by atoms with Gasteiger partial charge in [-0.05, 0) is 44.9 Å². The number of allylic oxidation sites excluding steroid dienone is 2. The van der Waals surface area contributed by atoms with E-state index in [-0.39, 0.29) is 31.1 Å². The molecule has 1 atom stereocenters. The lowest BCUT2D eigenvalue weighted by atomic mass is 10.0. The maximum Gasteiger partial charge on any atom is 0.306 e. The zero-order valence-corrected chi connectivity index (χ0v) is 43.3. The monoisotopic (exact) mass is 903 g/mol. The first-order valence-electron chi connectivity index (χ1n) is 28.7. The largest absolute Gasteiger partial charge is 0.462 e. The van der Waals surface area contributed by atoms with Gasteiger partial charge in [-0.2, -0.15) is 0 Å². The smallest absolute Gasteiger partial charge is 0.306 e. The summed E-state index contributed by atoms with van der Waals surface area (Å²) in [5.74, 6) is -0.852. The van der Waals surface area contributed by atoms with Crippen molar-refractivity contribution in [2.45, 2.75) is 329 Å². The first-order chi connectivity index (χ1) is 31.5. The van der Waals surface area contributed by atoms with E-state index < -0.39 is 6.10 Å². The molecule has 64 heavy (non-hydrogen) atoms. The number of rotatable bonds is 53. The number of ether oxygens (including phenoxy) is 3. The Labute approximate surface area is 399 Å². The first kappa shape index (κ1) is 62.1. The van der Waals surface area contributed by atoms with Crippen LogP contribution in [0.5, 0.6) is 0 Å². The molecule has 0 N–H and O–H groups in total. The van der Waals surface area contributed by atoms with Gasteiger partial charge in [0.25, 0.3) is 0 Å². The minimum absolute atomic E-state index is 0.0665. The minimum atomic E-state index is -0.767. The highest BCUT2D eigenvalue weighted by atomic mass is 16.6. The van der Waals surface area contributed by atoms with Crippen LogP contribution in [0, 0.1) is 0 Å². The van der Waals surface area contributed by atoms with Crippen LogP contribution in [0.25, 0.3) is 0 Å². The number of carbonyl (C=O) groups excluding carboxylic acids is 3. The molecule has 0 radical (unpaired) electrons. The van der Waals surface area contributed by atoms with Gasteiger partial charge < -0.3 is 14.2 Å². The molecule has 0 aromatic rings. The molecule has 0 heterocycles. The second kappa shape index (κ2) is 53.8. The maximum absolute atomic E-state index is 12.8. The van der Waals surface area contributed by atoms with Gasteiger partial charge >= 0.3 is 17.9 Å². The van der Waals surface area contributed by atoms with Crippen LogP contribution < -0.4 is 0 Å². The molecule has 0 aliphatic rings. The Morgan fingerprint density at radius 1 is 0.297 bits per heavy atom. The molecule has 0 bridgehead atoms. The van der Waals surface area contributed by atoms with Gasteiger partial charge in [-0.25, -0.2) is 0 Å². The van der Waals surface area contributed by atoms with E-state index in [0.29, 0.717) is 19.3 Å². The lowest BCUT2D eigenvalue weighted by Crippen LogP contribution is -2.30. The van der Waals surface area contributed by atoms with E-state index in [2.05, 4.69) is 32.9 Å². The lowest BCUT2D eigenvalue weighted by molar-refractivity contribution is -0.167. The number of esters is 3. The van der Waals surface area contributed by atoms with Gasteiger partial charge in [0.1, 0.15) is 13.2 Å². The van der Waals surface area contributed by atoms with Crippen LogP contribution in [0.4, 0.5) is 0 Å². The summed E-state index contributed by atoms with van der Waals surface area (Å²) >= 11 is 0. The summed E-state index contributed by atoms with van der Waals surface area (Å²) in [5.41, 5.74) is 0. The standard InChI is InChI=1S/C58H110O6/c1-4-7-10-13-16-19-22-25-27-29-31-33-36-39-42-45-48-51-57(60)63-54-55(53-62-56(59)50-47-44-41-38-35-32-24-21-18-15-12-9-6-3)64-58(61)52-49-46-43-40-37-34-30-28-26-23-20-17-14-11-8-5-2/h21,24,55H,4-20,22-23,25-54H2,1-3H3/b24-21-. The van der Waals surface area contributed by atoms with Gasteiger partial charge in [0.2, 0.25) is 0 Å². The molecule has 6 heteroatoms. The maximum atomic E-state index is 12.8. The molecule has 378 valence electrons. The molecule has 0 amide bonds. The van der Waals surface area contributed by atoms with E-state index in [1.807, 2.05) is 0 Å². The van der Waals surface area contributed by atoms with E-state index in [0.717, 1.165) is 64.2 Å². The van der Waals surface area contributed by atoms with Crippen LogP contribution in [0.3, 0.4) is 0 Å². The Morgan fingerprint density at radius 2 is 0.516 bits per heavy atom. The van der Waals surface area contributed by atoms with Gasteiger partial charge in [0.05, 0.1) is 0 Å². The van der Waals surface area contributed by atoms with Crippen LogP contribution in [-0.4, -0.2) is 37.2 Å². The molecular weight excluding hydrogens is 793 g/mol. The third-order valence-corrected chi connectivity index (χ3v) is 13.0. The lowest BCUT2D eigenvalue weighted by Gasteiger charge is -2.18. The predicted molar refractivity (Wildman–Crippen MR) is 275 cm³/mol. The second-order valence-corrected chi connectivity index (χ2v) is 19.6. The Kier molecular flexibility index (Phi) is 52.2. The highest BCUT2D eigenvalue weighted by Crippen LogP contribution is 2.17. The molecular formula is C58H110O6. The number of unbranched alkanes of at least 4 members (excludes halogenated alkanes) is 40. The fourth-order valence-electron chi connectivity index (χ4n) is 8.68. The molecule has 0 aliphatic carbocycles. The molecule has 6 nitrogen and oxygen atoms in total. The van der Waals surface area contributed by atoms with Gasteiger partial charge in [0, 0.05) is 19.3 Å². The average Bonchev–Trinajstić information content (AvgIpc) is 3.29. The Bertz CT molecular complexity index is 993. The predicted octanol–water partition coefficient (Wildman–Crippen LogP) is 18.9. The van der Waals surface area contributed by atoms with Crippen molar-refractivity contribution in [1.29, 1.82) is 0 Å². The Hall–Kier alpha value is -1.85. The summed E-state index contributed by atoms with van der Waals surface area (Å²) in [5, 5.41) is 0. The van der Waals surface area contributed by atoms with E-state index in [9.17, 15) is 14.4 Å². The molecule has 0 saturated heterocycles. The molecule has 0 rings (SSSR count). The third-order valence-electron chi connectivity index (χ3n) is 13.0. The van der Waals surface area contributed by atoms with Crippen molar-refractivity contribution in [2.24, 2.45) is 0 Å². The van der Waals surface area contributed by atoms with Crippen molar-refractivity contribution in [3.8, 4) is 0 Å². The van der Waals surface area contributed by atoms with E-state index in [1.165, 1.54) is 218 Å². The minimum Gasteiger partial charge on any atom is -0.462 e. The van der Waals surface area contributed by atoms with Crippen molar-refractivity contribution in [1.82, 2.24) is 0 Å². The molecule has 0 fully saturated rings. The first-order valence-corrected chi connectivity index (χ1v) is 28.7. The number of hydrogen-bond acceptors (Lipinski definition) is 6. The molecule has 1 unspecified atom stereocenters. The fraction of sp³-hybridized carbons (Fsp3) is 0.914. The van der Waals surface area contributed by atoms with E-state index >= 15 is 0 Å². The quantitative estimate of drug-likeness (QED) is 0.0262. The molecule has 0 saturated carbocycles. The average molecular weight is 904 g/mol. The molecule has 0 aromatic heterocycles. The highest BCUT2D eigenvalue weighted by molar-refractivity contribution is 5.71. The normalized spacial score (nSPS) is 12.0. The van der Waals surface area contributed by atoms with E-state index in [4.69, 9.17) is 14.2 Å². The molecule has 0 aromatic carbocycles. The zero-order valence-electron chi connectivity index (χ0n) is 43.3. The highest BCUT2D eigenvalue weighted by Gasteiger charge is 2.19. The second-order valence-electron chi connectivity index (χ2n) is 19.6. The van der Waals surface area contributed by atoms with Gasteiger partial charge in [-0.1, -0.05) is 270 Å². The Balaban J connectivity index is 4.30. The van der Waals surface area contributed by atoms with Crippen LogP contribution >= 0.6 is 0 Å². The zero-order chi connectivity index (χ0) is 46.5. The van der Waals surface area contributed by atoms with Crippen molar-refractivity contribution >= 4 is 17.9 Å².